The van der Waals surface area contributed by atoms with Crippen molar-refractivity contribution in [2.45, 2.75) is 13.1 Å². The van der Waals surface area contributed by atoms with Gasteiger partial charge < -0.3 is 15.7 Å². The third kappa shape index (κ3) is 3.16. The molecule has 0 spiro atoms. The summed E-state index contributed by atoms with van der Waals surface area (Å²) in [6.45, 7) is 0.826. The van der Waals surface area contributed by atoms with E-state index in [4.69, 9.17) is 5.73 Å². The minimum atomic E-state index is -0.0863. The summed E-state index contributed by atoms with van der Waals surface area (Å²) < 4.78 is 0. The summed E-state index contributed by atoms with van der Waals surface area (Å²) in [6, 6.07) is 14.2. The van der Waals surface area contributed by atoms with Crippen LogP contribution >= 0.6 is 0 Å². The Balaban J connectivity index is 2.10. The van der Waals surface area contributed by atoms with Gasteiger partial charge in [-0.1, -0.05) is 30.3 Å². The zero-order chi connectivity index (χ0) is 14.5. The number of amides is 1. The highest BCUT2D eigenvalue weighted by molar-refractivity contribution is 5.94. The van der Waals surface area contributed by atoms with Crippen molar-refractivity contribution < 1.29 is 9.90 Å². The van der Waals surface area contributed by atoms with Gasteiger partial charge in [0.1, 0.15) is 5.75 Å². The summed E-state index contributed by atoms with van der Waals surface area (Å²) in [5.41, 5.74) is 7.86. The van der Waals surface area contributed by atoms with Crippen LogP contribution in [0.5, 0.6) is 5.75 Å². The maximum Gasteiger partial charge on any atom is 0.253 e. The van der Waals surface area contributed by atoms with E-state index < -0.39 is 0 Å². The van der Waals surface area contributed by atoms with Crippen molar-refractivity contribution in [3.05, 3.63) is 65.2 Å². The molecule has 0 aromatic heterocycles. The lowest BCUT2D eigenvalue weighted by Crippen LogP contribution is -2.26. The molecule has 0 aliphatic rings. The van der Waals surface area contributed by atoms with E-state index in [-0.39, 0.29) is 11.7 Å². The predicted molar refractivity (Wildman–Crippen MR) is 78.2 cm³/mol. The van der Waals surface area contributed by atoms with Crippen molar-refractivity contribution in [1.82, 2.24) is 4.90 Å². The molecule has 4 heteroatoms. The first-order valence-electron chi connectivity index (χ1n) is 6.43. The zero-order valence-corrected chi connectivity index (χ0v) is 11.4. The fraction of sp³-hybridized carbons (Fsp3) is 0.188. The predicted octanol–water partition coefficient (Wildman–Crippen LogP) is 2.12. The van der Waals surface area contributed by atoms with Gasteiger partial charge in [-0.25, -0.2) is 0 Å². The third-order valence-corrected chi connectivity index (χ3v) is 3.18. The van der Waals surface area contributed by atoms with Crippen LogP contribution in [0.25, 0.3) is 0 Å². The highest BCUT2D eigenvalue weighted by Gasteiger charge is 2.13. The standard InChI is InChI=1S/C16H18N2O2/c1-18(11-14-4-2-3-5-15(14)19)16(20)13-8-6-12(10-17)7-9-13/h2-9,19H,10-11,17H2,1H3. The second-order valence-corrected chi connectivity index (χ2v) is 4.69. The van der Waals surface area contributed by atoms with Crippen molar-refractivity contribution in [3.8, 4) is 5.75 Å². The minimum Gasteiger partial charge on any atom is -0.508 e. The van der Waals surface area contributed by atoms with Gasteiger partial charge in [0.2, 0.25) is 0 Å². The molecule has 2 aromatic rings. The largest absolute Gasteiger partial charge is 0.508 e. The number of carbonyl (C=O) groups is 1. The first kappa shape index (κ1) is 14.1. The highest BCUT2D eigenvalue weighted by atomic mass is 16.3. The molecule has 0 fully saturated rings. The lowest BCUT2D eigenvalue weighted by Gasteiger charge is -2.18. The van der Waals surface area contributed by atoms with E-state index in [2.05, 4.69) is 0 Å². The molecule has 2 rings (SSSR count). The number of carbonyl (C=O) groups excluding carboxylic acids is 1. The van der Waals surface area contributed by atoms with E-state index in [1.165, 1.54) is 0 Å². The van der Waals surface area contributed by atoms with Gasteiger partial charge in [-0.3, -0.25) is 4.79 Å². The van der Waals surface area contributed by atoms with E-state index in [1.54, 1.807) is 42.3 Å². The van der Waals surface area contributed by atoms with Crippen LogP contribution in [0, 0.1) is 0 Å². The summed E-state index contributed by atoms with van der Waals surface area (Å²) >= 11 is 0. The number of phenols is 1. The molecule has 0 unspecified atom stereocenters. The molecule has 0 bridgehead atoms. The van der Waals surface area contributed by atoms with Crippen LogP contribution in [0.2, 0.25) is 0 Å². The number of hydrogen-bond donors (Lipinski definition) is 2. The fourth-order valence-electron chi connectivity index (χ4n) is 1.98. The molecule has 4 nitrogen and oxygen atoms in total. The number of phenolic OH excluding ortho intramolecular Hbond substituents is 1. The molecule has 0 saturated carbocycles. The zero-order valence-electron chi connectivity index (χ0n) is 11.4. The normalized spacial score (nSPS) is 10.3. The van der Waals surface area contributed by atoms with Gasteiger partial charge in [-0.2, -0.15) is 0 Å². The van der Waals surface area contributed by atoms with Crippen LogP contribution in [0.1, 0.15) is 21.5 Å². The number of para-hydroxylation sites is 1. The summed E-state index contributed by atoms with van der Waals surface area (Å²) in [4.78, 5) is 13.8. The van der Waals surface area contributed by atoms with Gasteiger partial charge in [0.15, 0.2) is 0 Å². The molecular formula is C16H18N2O2. The monoisotopic (exact) mass is 270 g/mol. The molecule has 3 N–H and O–H groups in total. The molecule has 0 radical (unpaired) electrons. The number of aromatic hydroxyl groups is 1. The second kappa shape index (κ2) is 6.21. The molecule has 0 atom stereocenters. The van der Waals surface area contributed by atoms with Crippen molar-refractivity contribution in [1.29, 1.82) is 0 Å². The summed E-state index contributed by atoms with van der Waals surface area (Å²) in [7, 11) is 1.71. The van der Waals surface area contributed by atoms with Crippen LogP contribution < -0.4 is 5.73 Å². The van der Waals surface area contributed by atoms with Gasteiger partial charge in [-0.15, -0.1) is 0 Å². The van der Waals surface area contributed by atoms with E-state index in [9.17, 15) is 9.90 Å². The first-order chi connectivity index (χ1) is 9.61. The van der Waals surface area contributed by atoms with E-state index in [0.29, 0.717) is 18.7 Å². The number of hydrogen-bond acceptors (Lipinski definition) is 3. The van der Waals surface area contributed by atoms with E-state index in [1.807, 2.05) is 18.2 Å². The summed E-state index contributed by atoms with van der Waals surface area (Å²) in [6.07, 6.45) is 0. The molecule has 2 aromatic carbocycles. The number of benzene rings is 2. The van der Waals surface area contributed by atoms with Crippen molar-refractivity contribution >= 4 is 5.91 Å². The van der Waals surface area contributed by atoms with Gasteiger partial charge in [0, 0.05) is 31.3 Å². The Kier molecular flexibility index (Phi) is 4.38. The first-order valence-corrected chi connectivity index (χ1v) is 6.43. The average molecular weight is 270 g/mol. The molecule has 0 heterocycles. The number of rotatable bonds is 4. The molecule has 0 aliphatic heterocycles. The lowest BCUT2D eigenvalue weighted by molar-refractivity contribution is 0.0784. The maximum atomic E-state index is 12.3. The summed E-state index contributed by atoms with van der Waals surface area (Å²) in [5.74, 6) is 0.113. The van der Waals surface area contributed by atoms with Crippen molar-refractivity contribution in [3.63, 3.8) is 0 Å². The molecule has 20 heavy (non-hydrogen) atoms. The Morgan fingerprint density at radius 1 is 1.15 bits per heavy atom. The van der Waals surface area contributed by atoms with Crippen LogP contribution in [0.4, 0.5) is 0 Å². The van der Waals surface area contributed by atoms with Crippen LogP contribution in [-0.4, -0.2) is 23.0 Å². The highest BCUT2D eigenvalue weighted by Crippen LogP contribution is 2.18. The molecule has 104 valence electrons. The van der Waals surface area contributed by atoms with Crippen LogP contribution in [0.15, 0.2) is 48.5 Å². The number of nitrogens with zero attached hydrogens (tertiary/aromatic N) is 1. The fourth-order valence-corrected chi connectivity index (χ4v) is 1.98. The molecule has 0 aliphatic carbocycles. The second-order valence-electron chi connectivity index (χ2n) is 4.69. The van der Waals surface area contributed by atoms with Gasteiger partial charge >= 0.3 is 0 Å². The van der Waals surface area contributed by atoms with Crippen molar-refractivity contribution in [2.24, 2.45) is 5.73 Å². The molecule has 0 saturated heterocycles. The van der Waals surface area contributed by atoms with Gasteiger partial charge in [0.05, 0.1) is 0 Å². The Morgan fingerprint density at radius 2 is 1.80 bits per heavy atom. The Morgan fingerprint density at radius 3 is 2.40 bits per heavy atom. The maximum absolute atomic E-state index is 12.3. The average Bonchev–Trinajstić information content (AvgIpc) is 2.49. The quantitative estimate of drug-likeness (QED) is 0.894. The van der Waals surface area contributed by atoms with Gasteiger partial charge in [0.25, 0.3) is 5.91 Å². The molecule has 1 amide bonds. The smallest absolute Gasteiger partial charge is 0.253 e. The van der Waals surface area contributed by atoms with E-state index >= 15 is 0 Å². The SMILES string of the molecule is CN(Cc1ccccc1O)C(=O)c1ccc(CN)cc1. The number of nitrogens with two attached hydrogens (primary N) is 1. The summed E-state index contributed by atoms with van der Waals surface area (Å²) in [5, 5.41) is 9.73. The Hall–Kier alpha value is -2.33. The van der Waals surface area contributed by atoms with Crippen molar-refractivity contribution in [2.75, 3.05) is 7.05 Å². The lowest BCUT2D eigenvalue weighted by atomic mass is 10.1. The Bertz CT molecular complexity index is 594. The van der Waals surface area contributed by atoms with Crippen LogP contribution in [-0.2, 0) is 13.1 Å². The van der Waals surface area contributed by atoms with Crippen LogP contribution in [0.3, 0.4) is 0 Å². The van der Waals surface area contributed by atoms with Gasteiger partial charge in [-0.05, 0) is 23.8 Å². The third-order valence-electron chi connectivity index (χ3n) is 3.18. The molecular weight excluding hydrogens is 252 g/mol. The minimum absolute atomic E-state index is 0.0863. The Labute approximate surface area is 118 Å². The van der Waals surface area contributed by atoms with E-state index in [0.717, 1.165) is 11.1 Å². The topological polar surface area (TPSA) is 66.6 Å².